The molecule has 9 heteroatoms. The summed E-state index contributed by atoms with van der Waals surface area (Å²) >= 11 is 0. The van der Waals surface area contributed by atoms with Crippen LogP contribution in [-0.2, 0) is 6.42 Å². The van der Waals surface area contributed by atoms with E-state index in [-0.39, 0.29) is 11.4 Å². The van der Waals surface area contributed by atoms with Gasteiger partial charge in [0.25, 0.3) is 5.69 Å². The quantitative estimate of drug-likeness (QED) is 0.339. The van der Waals surface area contributed by atoms with Crippen molar-refractivity contribution < 1.29 is 9.85 Å². The van der Waals surface area contributed by atoms with E-state index in [1.807, 2.05) is 19.9 Å². The van der Waals surface area contributed by atoms with Gasteiger partial charge in [0.2, 0.25) is 0 Å². The smallest absolute Gasteiger partial charge is 0.301 e. The van der Waals surface area contributed by atoms with E-state index in [0.29, 0.717) is 0 Å². The molecule has 1 heterocycles. The van der Waals surface area contributed by atoms with Crippen LogP contribution in [0.1, 0.15) is 29.4 Å². The van der Waals surface area contributed by atoms with Gasteiger partial charge in [-0.1, -0.05) is 19.1 Å². The molecule has 0 atom stereocenters. The largest absolute Gasteiger partial charge is 0.318 e. The first-order chi connectivity index (χ1) is 14.3. The lowest BCUT2D eigenvalue weighted by atomic mass is 10.1. The molecule has 0 radical (unpaired) electrons. The molecular weight excluding hydrogens is 386 g/mol. The number of non-ortho nitro benzene ring substituents is 1. The fraction of sp³-hybridized carbons (Fsp3) is 0.190. The Morgan fingerprint density at radius 2 is 1.73 bits per heavy atom. The van der Waals surface area contributed by atoms with Crippen molar-refractivity contribution in [3.05, 3.63) is 91.3 Å². The van der Waals surface area contributed by atoms with Gasteiger partial charge in [-0.05, 0) is 50.1 Å². The second-order valence-electron chi connectivity index (χ2n) is 6.77. The Hall–Kier alpha value is -4.01. The molecule has 0 aliphatic carbocycles. The van der Waals surface area contributed by atoms with Crippen LogP contribution in [0.15, 0.2) is 53.6 Å². The summed E-state index contributed by atoms with van der Waals surface area (Å²) in [6, 6.07) is 13.7. The zero-order valence-electron chi connectivity index (χ0n) is 16.8. The molecule has 30 heavy (non-hydrogen) atoms. The normalized spacial score (nSPS) is 11.0. The average Bonchev–Trinajstić information content (AvgIpc) is 3.01. The van der Waals surface area contributed by atoms with Crippen LogP contribution in [0.25, 0.3) is 5.69 Å². The van der Waals surface area contributed by atoms with Gasteiger partial charge in [-0.25, -0.2) is 0 Å². The van der Waals surface area contributed by atoms with Gasteiger partial charge in [-0.2, -0.15) is 5.10 Å². The molecule has 0 spiro atoms. The third kappa shape index (κ3) is 4.19. The predicted molar refractivity (Wildman–Crippen MR) is 116 cm³/mol. The second kappa shape index (κ2) is 8.56. The number of nitro groups is 2. The van der Waals surface area contributed by atoms with Gasteiger partial charge in [-0.3, -0.25) is 25.7 Å². The lowest BCUT2D eigenvalue weighted by Crippen LogP contribution is -2.00. The molecule has 2 aromatic carbocycles. The zero-order valence-corrected chi connectivity index (χ0v) is 16.8. The van der Waals surface area contributed by atoms with E-state index in [9.17, 15) is 20.2 Å². The molecule has 9 nitrogen and oxygen atoms in total. The fourth-order valence-electron chi connectivity index (χ4n) is 3.25. The van der Waals surface area contributed by atoms with E-state index in [2.05, 4.69) is 46.3 Å². The van der Waals surface area contributed by atoms with Crippen molar-refractivity contribution in [2.45, 2.75) is 27.2 Å². The highest BCUT2D eigenvalue weighted by molar-refractivity contribution is 5.83. The van der Waals surface area contributed by atoms with Crippen LogP contribution in [0.2, 0.25) is 0 Å². The number of rotatable bonds is 7. The molecule has 0 saturated carbocycles. The van der Waals surface area contributed by atoms with E-state index in [0.717, 1.165) is 35.1 Å². The lowest BCUT2D eigenvalue weighted by Gasteiger charge is -2.10. The number of nitro benzene ring substituents is 2. The number of nitrogens with zero attached hydrogens (tertiary/aromatic N) is 4. The second-order valence-corrected chi connectivity index (χ2v) is 6.77. The van der Waals surface area contributed by atoms with Crippen molar-refractivity contribution in [2.24, 2.45) is 5.10 Å². The van der Waals surface area contributed by atoms with Gasteiger partial charge in [-0.15, -0.1) is 0 Å². The van der Waals surface area contributed by atoms with Crippen molar-refractivity contribution in [2.75, 3.05) is 5.43 Å². The minimum absolute atomic E-state index is 0.0748. The zero-order chi connectivity index (χ0) is 21.8. The molecule has 0 fully saturated rings. The first kappa shape index (κ1) is 20.7. The summed E-state index contributed by atoms with van der Waals surface area (Å²) in [5.74, 6) is 0. The number of hydrogen-bond donors (Lipinski definition) is 1. The molecule has 0 saturated heterocycles. The molecule has 3 rings (SSSR count). The Balaban J connectivity index is 1.85. The fourth-order valence-corrected chi connectivity index (χ4v) is 3.25. The van der Waals surface area contributed by atoms with Crippen LogP contribution in [0.5, 0.6) is 0 Å². The van der Waals surface area contributed by atoms with Crippen molar-refractivity contribution in [3.8, 4) is 5.69 Å². The van der Waals surface area contributed by atoms with Gasteiger partial charge in [0.05, 0.1) is 22.1 Å². The summed E-state index contributed by atoms with van der Waals surface area (Å²) in [6.45, 7) is 6.07. The third-order valence-electron chi connectivity index (χ3n) is 4.85. The van der Waals surface area contributed by atoms with Crippen LogP contribution < -0.4 is 5.43 Å². The number of benzene rings is 2. The molecular formula is C21H21N5O4. The Labute approximate surface area is 173 Å². The van der Waals surface area contributed by atoms with Gasteiger partial charge in [0.15, 0.2) is 0 Å². The first-order valence-electron chi connectivity index (χ1n) is 9.32. The summed E-state index contributed by atoms with van der Waals surface area (Å²) in [5.41, 5.74) is 7.08. The van der Waals surface area contributed by atoms with E-state index in [1.165, 1.54) is 17.7 Å². The first-order valence-corrected chi connectivity index (χ1v) is 9.32. The minimum Gasteiger partial charge on any atom is -0.318 e. The van der Waals surface area contributed by atoms with Crippen molar-refractivity contribution in [1.82, 2.24) is 4.57 Å². The Bertz CT molecular complexity index is 1130. The van der Waals surface area contributed by atoms with Crippen molar-refractivity contribution in [3.63, 3.8) is 0 Å². The molecule has 1 N–H and O–H groups in total. The summed E-state index contributed by atoms with van der Waals surface area (Å²) < 4.78 is 2.11. The third-order valence-corrected chi connectivity index (χ3v) is 4.85. The highest BCUT2D eigenvalue weighted by Crippen LogP contribution is 2.29. The lowest BCUT2D eigenvalue weighted by molar-refractivity contribution is -0.393. The maximum absolute atomic E-state index is 11.2. The Morgan fingerprint density at radius 3 is 2.33 bits per heavy atom. The Morgan fingerprint density at radius 1 is 1.03 bits per heavy atom. The number of hydrogen-bond acceptors (Lipinski definition) is 6. The maximum atomic E-state index is 11.2. The van der Waals surface area contributed by atoms with Gasteiger partial charge < -0.3 is 4.57 Å². The molecule has 3 aromatic rings. The van der Waals surface area contributed by atoms with Crippen molar-refractivity contribution in [1.29, 1.82) is 0 Å². The van der Waals surface area contributed by atoms with E-state index in [4.69, 9.17) is 0 Å². The monoisotopic (exact) mass is 407 g/mol. The topological polar surface area (TPSA) is 116 Å². The summed E-state index contributed by atoms with van der Waals surface area (Å²) in [5, 5.41) is 26.2. The van der Waals surface area contributed by atoms with Crippen LogP contribution in [0.3, 0.4) is 0 Å². The van der Waals surface area contributed by atoms with Crippen LogP contribution in [0, 0.1) is 34.1 Å². The average molecular weight is 407 g/mol. The van der Waals surface area contributed by atoms with Gasteiger partial charge in [0.1, 0.15) is 5.69 Å². The molecule has 1 aromatic heterocycles. The minimum atomic E-state index is -0.684. The summed E-state index contributed by atoms with van der Waals surface area (Å²) in [4.78, 5) is 20.7. The molecule has 0 amide bonds. The summed E-state index contributed by atoms with van der Waals surface area (Å²) in [7, 11) is 0. The number of nitrogens with one attached hydrogen (secondary N) is 1. The highest BCUT2D eigenvalue weighted by Gasteiger charge is 2.19. The van der Waals surface area contributed by atoms with Crippen LogP contribution in [0.4, 0.5) is 17.1 Å². The van der Waals surface area contributed by atoms with Crippen molar-refractivity contribution >= 4 is 23.3 Å². The molecule has 0 bridgehead atoms. The van der Waals surface area contributed by atoms with E-state index >= 15 is 0 Å². The Kier molecular flexibility index (Phi) is 5.91. The maximum Gasteiger partial charge on any atom is 0.301 e. The van der Waals surface area contributed by atoms with E-state index in [1.54, 1.807) is 6.21 Å². The number of anilines is 1. The van der Waals surface area contributed by atoms with E-state index < -0.39 is 15.5 Å². The number of aromatic nitrogens is 1. The highest BCUT2D eigenvalue weighted by atomic mass is 16.6. The molecule has 0 aliphatic heterocycles. The number of hydrazone groups is 1. The SMILES string of the molecule is CCc1ccc(-n2c(C)cc(/C=N\Nc3ccc([N+](=O)[O-])cc3[N+](=O)[O-])c2C)cc1. The molecule has 0 aliphatic rings. The van der Waals surface area contributed by atoms with Gasteiger partial charge in [0, 0.05) is 28.7 Å². The predicted octanol–water partition coefficient (Wildman–Crippen LogP) is 4.92. The summed E-state index contributed by atoms with van der Waals surface area (Å²) in [6.07, 6.45) is 2.55. The molecule has 0 unspecified atom stereocenters. The standard InChI is InChI=1S/C21H21N5O4/c1-4-16-5-7-18(8-6-16)24-14(2)11-17(15(24)3)13-22-23-20-10-9-19(25(27)28)12-21(20)26(29)30/h5-13,23H,4H2,1-3H3/b22-13-. The molecule has 154 valence electrons. The van der Waals surface area contributed by atoms with Crippen LogP contribution in [-0.4, -0.2) is 20.6 Å². The number of aryl methyl sites for hydroxylation is 2. The van der Waals surface area contributed by atoms with Gasteiger partial charge >= 0.3 is 5.69 Å². The van der Waals surface area contributed by atoms with Crippen LogP contribution >= 0.6 is 0 Å².